The largest absolute Gasteiger partial charge is 0.506 e. The van der Waals surface area contributed by atoms with Crippen molar-refractivity contribution in [2.24, 2.45) is 0 Å². The van der Waals surface area contributed by atoms with Crippen LogP contribution in [0.4, 0.5) is 5.69 Å². The molecule has 0 aromatic heterocycles. The van der Waals surface area contributed by atoms with Gasteiger partial charge in [-0.3, -0.25) is 0 Å². The lowest BCUT2D eigenvalue weighted by molar-refractivity contribution is 0.474. The Bertz CT molecular complexity index is 292. The van der Waals surface area contributed by atoms with Crippen LogP contribution >= 0.6 is 0 Å². The molecule has 0 radical (unpaired) electrons. The number of hydrogen-bond donors (Lipinski definition) is 1. The predicted molar refractivity (Wildman–Crippen MR) is 56.5 cm³/mol. The molecule has 0 atom stereocenters. The number of benzene rings is 1. The van der Waals surface area contributed by atoms with Crippen molar-refractivity contribution in [3.8, 4) is 5.75 Å². The van der Waals surface area contributed by atoms with E-state index in [1.807, 2.05) is 31.1 Å². The van der Waals surface area contributed by atoms with Crippen LogP contribution in [0.25, 0.3) is 0 Å². The zero-order valence-corrected chi connectivity index (χ0v) is 8.70. The van der Waals surface area contributed by atoms with Gasteiger partial charge in [0.05, 0.1) is 5.69 Å². The van der Waals surface area contributed by atoms with Crippen molar-refractivity contribution in [2.75, 3.05) is 19.0 Å². The molecule has 1 aromatic rings. The van der Waals surface area contributed by atoms with Gasteiger partial charge >= 0.3 is 0 Å². The third-order valence-electron chi connectivity index (χ3n) is 2.15. The van der Waals surface area contributed by atoms with Crippen molar-refractivity contribution in [1.82, 2.24) is 0 Å². The molecule has 2 nitrogen and oxygen atoms in total. The lowest BCUT2D eigenvalue weighted by Gasteiger charge is -2.15. The first kappa shape index (κ1) is 9.90. The highest BCUT2D eigenvalue weighted by atomic mass is 16.3. The number of anilines is 1. The van der Waals surface area contributed by atoms with Gasteiger partial charge in [0.1, 0.15) is 5.75 Å². The zero-order chi connectivity index (χ0) is 10.0. The van der Waals surface area contributed by atoms with Crippen LogP contribution in [0.3, 0.4) is 0 Å². The Hall–Kier alpha value is -1.18. The van der Waals surface area contributed by atoms with E-state index in [9.17, 15) is 5.11 Å². The molecule has 0 aliphatic heterocycles. The Morgan fingerprint density at radius 3 is 2.23 bits per heavy atom. The van der Waals surface area contributed by atoms with Gasteiger partial charge in [0.2, 0.25) is 0 Å². The summed E-state index contributed by atoms with van der Waals surface area (Å²) in [7, 11) is 3.84. The highest BCUT2D eigenvalue weighted by molar-refractivity contribution is 5.58. The van der Waals surface area contributed by atoms with E-state index >= 15 is 0 Å². The Kier molecular flexibility index (Phi) is 2.81. The lowest BCUT2D eigenvalue weighted by atomic mass is 10.0. The van der Waals surface area contributed by atoms with Crippen molar-refractivity contribution < 1.29 is 5.11 Å². The normalized spacial score (nSPS) is 10.5. The molecule has 0 aliphatic rings. The molecule has 0 unspecified atom stereocenters. The van der Waals surface area contributed by atoms with Crippen LogP contribution in [0.1, 0.15) is 25.3 Å². The van der Waals surface area contributed by atoms with Crippen LogP contribution in [0.15, 0.2) is 18.2 Å². The van der Waals surface area contributed by atoms with E-state index in [1.165, 1.54) is 5.56 Å². The molecular weight excluding hydrogens is 162 g/mol. The SMILES string of the molecule is CC(C)c1ccc(N(C)C)c(O)c1. The summed E-state index contributed by atoms with van der Waals surface area (Å²) >= 11 is 0. The van der Waals surface area contributed by atoms with Crippen LogP contribution in [-0.2, 0) is 0 Å². The average Bonchev–Trinajstić information content (AvgIpc) is 2.03. The first-order valence-electron chi connectivity index (χ1n) is 4.52. The van der Waals surface area contributed by atoms with Crippen LogP contribution in [0.5, 0.6) is 5.75 Å². The fourth-order valence-corrected chi connectivity index (χ4v) is 1.28. The van der Waals surface area contributed by atoms with Gasteiger partial charge in [0.25, 0.3) is 0 Å². The topological polar surface area (TPSA) is 23.5 Å². The molecule has 0 fully saturated rings. The number of rotatable bonds is 2. The van der Waals surface area contributed by atoms with Crippen LogP contribution in [0.2, 0.25) is 0 Å². The highest BCUT2D eigenvalue weighted by Crippen LogP contribution is 2.29. The van der Waals surface area contributed by atoms with Crippen molar-refractivity contribution in [3.63, 3.8) is 0 Å². The molecule has 72 valence electrons. The van der Waals surface area contributed by atoms with E-state index < -0.39 is 0 Å². The number of aromatic hydroxyl groups is 1. The predicted octanol–water partition coefficient (Wildman–Crippen LogP) is 2.58. The van der Waals surface area contributed by atoms with E-state index in [-0.39, 0.29) is 0 Å². The van der Waals surface area contributed by atoms with Gasteiger partial charge in [0, 0.05) is 14.1 Å². The Morgan fingerprint density at radius 1 is 1.23 bits per heavy atom. The second-order valence-electron chi connectivity index (χ2n) is 3.80. The van der Waals surface area contributed by atoms with E-state index in [1.54, 1.807) is 0 Å². The zero-order valence-electron chi connectivity index (χ0n) is 8.70. The molecule has 2 heteroatoms. The monoisotopic (exact) mass is 179 g/mol. The summed E-state index contributed by atoms with van der Waals surface area (Å²) < 4.78 is 0. The molecule has 0 saturated carbocycles. The summed E-state index contributed by atoms with van der Waals surface area (Å²) in [5.74, 6) is 0.818. The minimum Gasteiger partial charge on any atom is -0.506 e. The van der Waals surface area contributed by atoms with E-state index in [0.29, 0.717) is 11.7 Å². The fourth-order valence-electron chi connectivity index (χ4n) is 1.28. The highest BCUT2D eigenvalue weighted by Gasteiger charge is 2.05. The minimum absolute atomic E-state index is 0.358. The maximum atomic E-state index is 9.67. The van der Waals surface area contributed by atoms with Crippen molar-refractivity contribution in [1.29, 1.82) is 0 Å². The molecule has 0 spiro atoms. The molecule has 0 saturated heterocycles. The maximum Gasteiger partial charge on any atom is 0.139 e. The summed E-state index contributed by atoms with van der Waals surface area (Å²) in [6.45, 7) is 4.23. The smallest absolute Gasteiger partial charge is 0.139 e. The van der Waals surface area contributed by atoms with Gasteiger partial charge in [-0.05, 0) is 23.6 Å². The maximum absolute atomic E-state index is 9.67. The summed E-state index contributed by atoms with van der Waals surface area (Å²) in [4.78, 5) is 1.90. The standard InChI is InChI=1S/C11H17NO/c1-8(2)9-5-6-10(12(3)4)11(13)7-9/h5-8,13H,1-4H3. The summed E-state index contributed by atoms with van der Waals surface area (Å²) in [5.41, 5.74) is 2.03. The molecule has 0 aliphatic carbocycles. The Morgan fingerprint density at radius 2 is 1.85 bits per heavy atom. The van der Waals surface area contributed by atoms with Crippen molar-refractivity contribution >= 4 is 5.69 Å². The number of nitrogens with zero attached hydrogens (tertiary/aromatic N) is 1. The Labute approximate surface area is 79.8 Å². The van der Waals surface area contributed by atoms with E-state index in [0.717, 1.165) is 5.69 Å². The first-order chi connectivity index (χ1) is 6.02. The summed E-state index contributed by atoms with van der Waals surface area (Å²) in [6, 6.07) is 5.84. The van der Waals surface area contributed by atoms with Gasteiger partial charge in [0.15, 0.2) is 0 Å². The van der Waals surface area contributed by atoms with E-state index in [2.05, 4.69) is 19.9 Å². The van der Waals surface area contributed by atoms with Crippen LogP contribution in [0, 0.1) is 0 Å². The third-order valence-corrected chi connectivity index (χ3v) is 2.15. The molecule has 0 heterocycles. The average molecular weight is 179 g/mol. The Balaban J connectivity index is 3.06. The lowest BCUT2D eigenvalue weighted by Crippen LogP contribution is -2.08. The van der Waals surface area contributed by atoms with Gasteiger partial charge in [-0.15, -0.1) is 0 Å². The number of phenolic OH excluding ortho intramolecular Hbond substituents is 1. The molecule has 1 N–H and O–H groups in total. The van der Waals surface area contributed by atoms with Crippen LogP contribution in [-0.4, -0.2) is 19.2 Å². The number of phenols is 1. The first-order valence-corrected chi connectivity index (χ1v) is 4.52. The quantitative estimate of drug-likeness (QED) is 0.754. The molecule has 0 bridgehead atoms. The third kappa shape index (κ3) is 2.14. The summed E-state index contributed by atoms with van der Waals surface area (Å²) in [5, 5.41) is 9.67. The second-order valence-corrected chi connectivity index (χ2v) is 3.80. The minimum atomic E-state index is 0.358. The van der Waals surface area contributed by atoms with Crippen LogP contribution < -0.4 is 4.90 Å². The van der Waals surface area contributed by atoms with Gasteiger partial charge in [-0.25, -0.2) is 0 Å². The van der Waals surface area contributed by atoms with Gasteiger partial charge in [-0.2, -0.15) is 0 Å². The molecular formula is C11H17NO. The molecule has 1 rings (SSSR count). The van der Waals surface area contributed by atoms with Crippen molar-refractivity contribution in [2.45, 2.75) is 19.8 Å². The van der Waals surface area contributed by atoms with Gasteiger partial charge in [-0.1, -0.05) is 19.9 Å². The van der Waals surface area contributed by atoms with Gasteiger partial charge < -0.3 is 10.0 Å². The second kappa shape index (κ2) is 3.69. The number of hydrogen-bond acceptors (Lipinski definition) is 2. The molecule has 0 amide bonds. The molecule has 1 aromatic carbocycles. The van der Waals surface area contributed by atoms with E-state index in [4.69, 9.17) is 0 Å². The van der Waals surface area contributed by atoms with Crippen molar-refractivity contribution in [3.05, 3.63) is 23.8 Å². The fraction of sp³-hybridized carbons (Fsp3) is 0.455. The molecule has 13 heavy (non-hydrogen) atoms. The summed E-state index contributed by atoms with van der Waals surface area (Å²) in [6.07, 6.45) is 0.